The van der Waals surface area contributed by atoms with Gasteiger partial charge >= 0.3 is 0 Å². The van der Waals surface area contributed by atoms with Crippen LogP contribution in [0.3, 0.4) is 0 Å². The molecule has 2 atom stereocenters. The quantitative estimate of drug-likeness (QED) is 0.616. The van der Waals surface area contributed by atoms with E-state index in [9.17, 15) is 0 Å². The van der Waals surface area contributed by atoms with Crippen molar-refractivity contribution in [1.82, 2.24) is 5.43 Å². The van der Waals surface area contributed by atoms with Crippen LogP contribution in [0.5, 0.6) is 0 Å². The summed E-state index contributed by atoms with van der Waals surface area (Å²) in [6, 6.07) is 9.27. The van der Waals surface area contributed by atoms with E-state index in [0.29, 0.717) is 12.0 Å². The summed E-state index contributed by atoms with van der Waals surface area (Å²) in [4.78, 5) is 0. The van der Waals surface area contributed by atoms with Crippen LogP contribution in [0.1, 0.15) is 49.1 Å². The molecule has 92 valence electrons. The predicted octanol–water partition coefficient (Wildman–Crippen LogP) is 2.74. The van der Waals surface area contributed by atoms with Gasteiger partial charge in [-0.2, -0.15) is 0 Å². The zero-order valence-electron chi connectivity index (χ0n) is 10.4. The van der Waals surface area contributed by atoms with Crippen molar-refractivity contribution in [3.8, 4) is 0 Å². The number of hydrogen-bond donors (Lipinski definition) is 2. The molecule has 0 bridgehead atoms. The van der Waals surface area contributed by atoms with Gasteiger partial charge in [-0.15, -0.1) is 0 Å². The summed E-state index contributed by atoms with van der Waals surface area (Å²) >= 11 is 0. The molecule has 2 heteroatoms. The molecule has 2 nitrogen and oxygen atoms in total. The molecule has 3 rings (SSSR count). The molecule has 2 aliphatic rings. The number of fused-ring (bicyclic) bond motifs is 1. The summed E-state index contributed by atoms with van der Waals surface area (Å²) < 4.78 is 0. The summed E-state index contributed by atoms with van der Waals surface area (Å²) in [6.07, 6.45) is 8.12. The molecule has 1 aromatic rings. The van der Waals surface area contributed by atoms with E-state index in [1.165, 1.54) is 49.7 Å². The fourth-order valence-corrected chi connectivity index (χ4v) is 3.61. The minimum atomic E-state index is 0.480. The molecule has 0 aromatic heterocycles. The zero-order valence-corrected chi connectivity index (χ0v) is 10.4. The van der Waals surface area contributed by atoms with Gasteiger partial charge in [0.25, 0.3) is 0 Å². The molecule has 2 unspecified atom stereocenters. The molecule has 0 aliphatic heterocycles. The predicted molar refractivity (Wildman–Crippen MR) is 70.6 cm³/mol. The Bertz CT molecular complexity index is 382. The standard InChI is InChI=1S/C15H22N2/c16-17-15(9-11-5-1-2-6-11)14-10-12-7-3-4-8-13(12)14/h3-4,7-8,11,14-15,17H,1-2,5-6,9-10,16H2. The van der Waals surface area contributed by atoms with Gasteiger partial charge in [-0.05, 0) is 29.9 Å². The highest BCUT2D eigenvalue weighted by molar-refractivity contribution is 5.41. The fourth-order valence-electron chi connectivity index (χ4n) is 3.61. The largest absolute Gasteiger partial charge is 0.271 e. The minimum absolute atomic E-state index is 0.480. The van der Waals surface area contributed by atoms with Gasteiger partial charge in [-0.3, -0.25) is 11.3 Å². The summed E-state index contributed by atoms with van der Waals surface area (Å²) in [5, 5.41) is 0. The van der Waals surface area contributed by atoms with Crippen molar-refractivity contribution in [1.29, 1.82) is 0 Å². The topological polar surface area (TPSA) is 38.0 Å². The Balaban J connectivity index is 1.66. The Morgan fingerprint density at radius 2 is 2.00 bits per heavy atom. The van der Waals surface area contributed by atoms with Crippen molar-refractivity contribution in [3.63, 3.8) is 0 Å². The van der Waals surface area contributed by atoms with Crippen molar-refractivity contribution >= 4 is 0 Å². The van der Waals surface area contributed by atoms with Crippen LogP contribution in [-0.2, 0) is 6.42 Å². The van der Waals surface area contributed by atoms with Crippen LogP contribution in [0.15, 0.2) is 24.3 Å². The fraction of sp³-hybridized carbons (Fsp3) is 0.600. The summed E-state index contributed by atoms with van der Waals surface area (Å²) in [6.45, 7) is 0. The molecular weight excluding hydrogens is 208 g/mol. The number of hydrogen-bond acceptors (Lipinski definition) is 2. The Morgan fingerprint density at radius 3 is 2.71 bits per heavy atom. The van der Waals surface area contributed by atoms with Crippen LogP contribution in [0.4, 0.5) is 0 Å². The summed E-state index contributed by atoms with van der Waals surface area (Å²) in [5.74, 6) is 7.32. The highest BCUT2D eigenvalue weighted by atomic mass is 15.2. The minimum Gasteiger partial charge on any atom is -0.271 e. The maximum absolute atomic E-state index is 5.77. The van der Waals surface area contributed by atoms with Gasteiger partial charge in [0.05, 0.1) is 0 Å². The van der Waals surface area contributed by atoms with E-state index in [1.807, 2.05) is 0 Å². The summed E-state index contributed by atoms with van der Waals surface area (Å²) in [7, 11) is 0. The van der Waals surface area contributed by atoms with Crippen molar-refractivity contribution < 1.29 is 0 Å². The lowest BCUT2D eigenvalue weighted by Crippen LogP contribution is -2.44. The van der Waals surface area contributed by atoms with E-state index in [-0.39, 0.29) is 0 Å². The van der Waals surface area contributed by atoms with Crippen molar-refractivity contribution in [2.24, 2.45) is 11.8 Å². The van der Waals surface area contributed by atoms with Gasteiger partial charge in [-0.25, -0.2) is 0 Å². The molecule has 0 heterocycles. The van der Waals surface area contributed by atoms with Gasteiger partial charge in [0, 0.05) is 12.0 Å². The Hall–Kier alpha value is -0.860. The molecule has 2 aliphatic carbocycles. The lowest BCUT2D eigenvalue weighted by Gasteiger charge is -2.37. The van der Waals surface area contributed by atoms with Crippen LogP contribution in [0.25, 0.3) is 0 Å². The molecule has 0 radical (unpaired) electrons. The first-order chi connectivity index (χ1) is 8.38. The normalized spacial score (nSPS) is 25.4. The van der Waals surface area contributed by atoms with E-state index in [4.69, 9.17) is 5.84 Å². The average Bonchev–Trinajstić information content (AvgIpc) is 2.82. The Kier molecular flexibility index (Phi) is 3.17. The number of rotatable bonds is 4. The first-order valence-electron chi connectivity index (χ1n) is 6.92. The number of nitrogens with two attached hydrogens (primary N) is 1. The van der Waals surface area contributed by atoms with Gasteiger partial charge in [0.2, 0.25) is 0 Å². The smallest absolute Gasteiger partial charge is 0.0285 e. The number of benzene rings is 1. The van der Waals surface area contributed by atoms with Crippen LogP contribution >= 0.6 is 0 Å². The Labute approximate surface area is 104 Å². The second kappa shape index (κ2) is 4.79. The van der Waals surface area contributed by atoms with Crippen LogP contribution in [-0.4, -0.2) is 6.04 Å². The van der Waals surface area contributed by atoms with Crippen LogP contribution in [0.2, 0.25) is 0 Å². The lowest BCUT2D eigenvalue weighted by atomic mass is 9.71. The van der Waals surface area contributed by atoms with Gasteiger partial charge in [-0.1, -0.05) is 49.9 Å². The highest BCUT2D eigenvalue weighted by Crippen LogP contribution is 2.40. The number of nitrogens with one attached hydrogen (secondary N) is 1. The first-order valence-corrected chi connectivity index (χ1v) is 6.92. The third kappa shape index (κ3) is 2.12. The SMILES string of the molecule is NNC(CC1CCCC1)C1Cc2ccccc21. The molecular formula is C15H22N2. The van der Waals surface area contributed by atoms with Crippen LogP contribution < -0.4 is 11.3 Å². The van der Waals surface area contributed by atoms with Gasteiger partial charge < -0.3 is 0 Å². The molecule has 1 saturated carbocycles. The second-order valence-electron chi connectivity index (χ2n) is 5.67. The maximum atomic E-state index is 5.77. The van der Waals surface area contributed by atoms with Crippen molar-refractivity contribution in [3.05, 3.63) is 35.4 Å². The van der Waals surface area contributed by atoms with Gasteiger partial charge in [0.15, 0.2) is 0 Å². The van der Waals surface area contributed by atoms with Crippen molar-refractivity contribution in [2.45, 2.75) is 50.5 Å². The molecule has 3 N–H and O–H groups in total. The van der Waals surface area contributed by atoms with Crippen molar-refractivity contribution in [2.75, 3.05) is 0 Å². The molecule has 0 saturated heterocycles. The average molecular weight is 230 g/mol. The van der Waals surface area contributed by atoms with Gasteiger partial charge in [0.1, 0.15) is 0 Å². The van der Waals surface area contributed by atoms with E-state index in [2.05, 4.69) is 29.7 Å². The third-order valence-corrected chi connectivity index (χ3v) is 4.66. The third-order valence-electron chi connectivity index (χ3n) is 4.66. The highest BCUT2D eigenvalue weighted by Gasteiger charge is 2.33. The monoisotopic (exact) mass is 230 g/mol. The molecule has 17 heavy (non-hydrogen) atoms. The number of hydrazine groups is 1. The summed E-state index contributed by atoms with van der Waals surface area (Å²) in [5.41, 5.74) is 6.11. The second-order valence-corrected chi connectivity index (χ2v) is 5.67. The van der Waals surface area contributed by atoms with E-state index >= 15 is 0 Å². The van der Waals surface area contributed by atoms with E-state index in [0.717, 1.165) is 5.92 Å². The molecule has 0 amide bonds. The Morgan fingerprint density at radius 1 is 1.24 bits per heavy atom. The van der Waals surface area contributed by atoms with E-state index in [1.54, 1.807) is 0 Å². The molecule has 1 aromatic carbocycles. The first kappa shape index (κ1) is 11.2. The zero-order chi connectivity index (χ0) is 11.7. The van der Waals surface area contributed by atoms with Crippen LogP contribution in [0, 0.1) is 5.92 Å². The molecule has 0 spiro atoms. The molecule has 1 fully saturated rings. The van der Waals surface area contributed by atoms with E-state index < -0.39 is 0 Å². The maximum Gasteiger partial charge on any atom is 0.0285 e. The lowest BCUT2D eigenvalue weighted by molar-refractivity contribution is 0.327.